The van der Waals surface area contributed by atoms with Gasteiger partial charge in [-0.2, -0.15) is 8.42 Å². The molecule has 0 aromatic heterocycles. The molecule has 210 valence electrons. The van der Waals surface area contributed by atoms with Gasteiger partial charge in [0, 0.05) is 47.8 Å². The maximum absolute atomic E-state index is 13.4. The molecule has 0 saturated heterocycles. The molecule has 1 N–H and O–H groups in total. The normalized spacial score (nSPS) is 18.0. The number of hydrogen-bond donors (Lipinski definition) is 1. The number of carboxylic acids is 1. The number of halogens is 1. The van der Waals surface area contributed by atoms with E-state index in [1.54, 1.807) is 24.3 Å². The first-order valence-corrected chi connectivity index (χ1v) is 14.8. The van der Waals surface area contributed by atoms with E-state index in [1.165, 1.54) is 25.3 Å². The zero-order valence-corrected chi connectivity index (χ0v) is 23.4. The highest BCUT2D eigenvalue weighted by Gasteiger charge is 2.43. The molecule has 0 bridgehead atoms. The Morgan fingerprint density at radius 2 is 1.60 bits per heavy atom. The molecule has 0 fully saturated rings. The zero-order valence-electron chi connectivity index (χ0n) is 21.8. The van der Waals surface area contributed by atoms with Crippen LogP contribution in [0.5, 0.6) is 11.5 Å². The van der Waals surface area contributed by atoms with Crippen LogP contribution < -0.4 is 8.92 Å². The van der Waals surface area contributed by atoms with Gasteiger partial charge in [0.05, 0.1) is 18.6 Å². The molecular weight excluding hydrogens is 558 g/mol. The van der Waals surface area contributed by atoms with Crippen molar-refractivity contribution in [1.82, 2.24) is 4.90 Å². The number of rotatable bonds is 8. The van der Waals surface area contributed by atoms with Crippen molar-refractivity contribution < 1.29 is 36.8 Å². The Labute approximate surface area is 237 Å². The lowest BCUT2D eigenvalue weighted by atomic mass is 9.71. The van der Waals surface area contributed by atoms with Crippen molar-refractivity contribution in [3.63, 3.8) is 0 Å². The van der Waals surface area contributed by atoms with Crippen molar-refractivity contribution >= 4 is 39.3 Å². The van der Waals surface area contributed by atoms with Crippen molar-refractivity contribution in [3.8, 4) is 11.5 Å². The van der Waals surface area contributed by atoms with E-state index in [9.17, 15) is 27.9 Å². The maximum atomic E-state index is 13.4. The first-order valence-electron chi connectivity index (χ1n) is 13.0. The molecule has 3 aliphatic rings. The van der Waals surface area contributed by atoms with Crippen LogP contribution >= 0.6 is 11.6 Å². The van der Waals surface area contributed by atoms with Crippen LogP contribution in [0.25, 0.3) is 0 Å². The van der Waals surface area contributed by atoms with Crippen molar-refractivity contribution in [2.24, 2.45) is 0 Å². The van der Waals surface area contributed by atoms with Gasteiger partial charge in [0.25, 0.3) is 0 Å². The van der Waals surface area contributed by atoms with Crippen molar-refractivity contribution in [2.45, 2.75) is 55.8 Å². The lowest BCUT2D eigenvalue weighted by Gasteiger charge is -2.44. The van der Waals surface area contributed by atoms with Gasteiger partial charge >= 0.3 is 16.1 Å². The number of nitrogens with zero attached hydrogens (tertiary/aromatic N) is 1. The zero-order chi connectivity index (χ0) is 28.6. The van der Waals surface area contributed by atoms with Crippen LogP contribution in [-0.4, -0.2) is 49.6 Å². The highest BCUT2D eigenvalue weighted by molar-refractivity contribution is 7.87. The van der Waals surface area contributed by atoms with Gasteiger partial charge in [-0.1, -0.05) is 29.8 Å². The highest BCUT2D eigenvalue weighted by Crippen LogP contribution is 2.51. The Kier molecular flexibility index (Phi) is 7.74. The minimum absolute atomic E-state index is 0.0335. The first-order chi connectivity index (χ1) is 19.1. The average molecular weight is 586 g/mol. The van der Waals surface area contributed by atoms with Gasteiger partial charge in [0.15, 0.2) is 17.3 Å². The molecule has 1 heterocycles. The Morgan fingerprint density at radius 3 is 2.15 bits per heavy atom. The van der Waals surface area contributed by atoms with Crippen molar-refractivity contribution in [1.29, 1.82) is 0 Å². The van der Waals surface area contributed by atoms with Crippen molar-refractivity contribution in [2.75, 3.05) is 13.7 Å². The minimum atomic E-state index is -4.23. The van der Waals surface area contributed by atoms with Gasteiger partial charge in [-0.25, -0.2) is 0 Å². The number of hydrogen-bond acceptors (Lipinski definition) is 8. The van der Waals surface area contributed by atoms with E-state index in [-0.39, 0.29) is 45.9 Å². The van der Waals surface area contributed by atoms with Crippen LogP contribution in [0.15, 0.2) is 69.9 Å². The number of aliphatic carboxylic acids is 1. The second kappa shape index (κ2) is 11.1. The second-order valence-corrected chi connectivity index (χ2v) is 11.8. The van der Waals surface area contributed by atoms with Gasteiger partial charge in [-0.05, 0) is 55.5 Å². The fourth-order valence-electron chi connectivity index (χ4n) is 5.76. The van der Waals surface area contributed by atoms with Gasteiger partial charge in [0.2, 0.25) is 5.75 Å². The van der Waals surface area contributed by atoms with Gasteiger partial charge < -0.3 is 18.9 Å². The van der Waals surface area contributed by atoms with E-state index < -0.39 is 22.0 Å². The Bertz CT molecular complexity index is 1520. The van der Waals surface area contributed by atoms with E-state index in [0.29, 0.717) is 55.2 Å². The molecule has 0 saturated carbocycles. The molecular formula is C29H28ClNO8S. The number of carbonyl (C=O) groups excluding carboxylic acids is 2. The summed E-state index contributed by atoms with van der Waals surface area (Å²) < 4.78 is 36.8. The number of allylic oxidation sites excluding steroid dienone is 4. The number of carboxylic acid groups (broad SMARTS) is 1. The highest BCUT2D eigenvalue weighted by atomic mass is 35.5. The maximum Gasteiger partial charge on any atom is 0.339 e. The summed E-state index contributed by atoms with van der Waals surface area (Å²) >= 11 is 6.62. The standard InChI is InChI=1S/C29H28ClNO8S/c1-38-24-16-17(15-19(30)29(24)39-40(36,37)18-7-3-2-4-8-18)26-27-20(9-5-11-22(27)32)31(14-13-25(34)35)21-10-6-12-23(33)28(21)26/h2-4,7-8,15-16,26H,5-6,9-14H2,1H3,(H,34,35). The number of methoxy groups -OCH3 is 1. The van der Waals surface area contributed by atoms with E-state index in [4.69, 9.17) is 20.5 Å². The molecule has 1 aliphatic heterocycles. The van der Waals surface area contributed by atoms with Crippen LogP contribution in [0.4, 0.5) is 0 Å². The molecule has 9 nitrogen and oxygen atoms in total. The topological polar surface area (TPSA) is 127 Å². The van der Waals surface area contributed by atoms with Crippen LogP contribution in [0.2, 0.25) is 5.02 Å². The molecule has 11 heteroatoms. The summed E-state index contributed by atoms with van der Waals surface area (Å²) in [4.78, 5) is 40.1. The van der Waals surface area contributed by atoms with Crippen LogP contribution in [0.3, 0.4) is 0 Å². The number of ether oxygens (including phenoxy) is 1. The smallest absolute Gasteiger partial charge is 0.339 e. The van der Waals surface area contributed by atoms with E-state index >= 15 is 0 Å². The van der Waals surface area contributed by atoms with Gasteiger partial charge in [-0.3, -0.25) is 14.4 Å². The number of carbonyl (C=O) groups is 3. The van der Waals surface area contributed by atoms with Crippen LogP contribution in [-0.2, 0) is 24.5 Å². The molecule has 40 heavy (non-hydrogen) atoms. The van der Waals surface area contributed by atoms with Gasteiger partial charge in [0.1, 0.15) is 4.90 Å². The van der Waals surface area contributed by atoms with E-state index in [0.717, 1.165) is 11.4 Å². The van der Waals surface area contributed by atoms with Crippen LogP contribution in [0, 0.1) is 0 Å². The predicted molar refractivity (Wildman–Crippen MR) is 146 cm³/mol. The van der Waals surface area contributed by atoms with E-state index in [2.05, 4.69) is 0 Å². The summed E-state index contributed by atoms with van der Waals surface area (Å²) in [6, 6.07) is 10.7. The molecule has 0 spiro atoms. The lowest BCUT2D eigenvalue weighted by Crippen LogP contribution is -2.39. The molecule has 0 unspecified atom stereocenters. The Hall–Kier alpha value is -3.63. The lowest BCUT2D eigenvalue weighted by molar-refractivity contribution is -0.137. The summed E-state index contributed by atoms with van der Waals surface area (Å²) in [5.74, 6) is -2.10. The van der Waals surface area contributed by atoms with Crippen molar-refractivity contribution in [3.05, 3.63) is 75.6 Å². The molecule has 0 atom stereocenters. The fraction of sp³-hybridized carbons (Fsp3) is 0.345. The summed E-state index contributed by atoms with van der Waals surface area (Å²) in [5.41, 5.74) is 2.87. The Balaban J connectivity index is 1.64. The molecule has 0 radical (unpaired) electrons. The predicted octanol–water partition coefficient (Wildman–Crippen LogP) is 5.00. The minimum Gasteiger partial charge on any atom is -0.493 e. The third-order valence-electron chi connectivity index (χ3n) is 7.45. The number of benzene rings is 2. The summed E-state index contributed by atoms with van der Waals surface area (Å²) in [6.07, 6.45) is 2.87. The molecule has 2 aromatic rings. The number of Topliss-reactive ketones (excluding diaryl/α,β-unsaturated/α-hetero) is 2. The molecule has 2 aromatic carbocycles. The molecule has 5 rings (SSSR count). The monoisotopic (exact) mass is 585 g/mol. The summed E-state index contributed by atoms with van der Waals surface area (Å²) in [6.45, 7) is 0.161. The van der Waals surface area contributed by atoms with E-state index in [1.807, 2.05) is 4.90 Å². The summed E-state index contributed by atoms with van der Waals surface area (Å²) in [7, 11) is -2.88. The second-order valence-electron chi connectivity index (χ2n) is 9.89. The molecule has 2 aliphatic carbocycles. The van der Waals surface area contributed by atoms with Crippen LogP contribution in [0.1, 0.15) is 56.4 Å². The largest absolute Gasteiger partial charge is 0.493 e. The average Bonchev–Trinajstić information content (AvgIpc) is 2.93. The third-order valence-corrected chi connectivity index (χ3v) is 8.96. The molecule has 0 amide bonds. The summed E-state index contributed by atoms with van der Waals surface area (Å²) in [5, 5.41) is 9.30. The number of ketones is 2. The fourth-order valence-corrected chi connectivity index (χ4v) is 7.04. The first kappa shape index (κ1) is 27.9. The van der Waals surface area contributed by atoms with Gasteiger partial charge in [-0.15, -0.1) is 0 Å². The quantitative estimate of drug-likeness (QED) is 0.425. The third kappa shape index (κ3) is 5.13. The SMILES string of the molecule is COc1cc(C2C3=C(CCCC3=O)N(CCC(=O)O)C3=C2C(=O)CCC3)cc(Cl)c1OS(=O)(=O)c1ccccc1. The Morgan fingerprint density at radius 1 is 1.00 bits per heavy atom.